The van der Waals surface area contributed by atoms with E-state index in [1.54, 1.807) is 0 Å². The molecule has 0 bridgehead atoms. The van der Waals surface area contributed by atoms with Crippen molar-refractivity contribution in [3.8, 4) is 5.75 Å². The van der Waals surface area contributed by atoms with Crippen molar-refractivity contribution in [3.05, 3.63) is 28.3 Å². The van der Waals surface area contributed by atoms with E-state index < -0.39 is 0 Å². The van der Waals surface area contributed by atoms with Gasteiger partial charge in [0, 0.05) is 5.02 Å². The number of rotatable bonds is 6. The second kappa shape index (κ2) is 6.80. The lowest BCUT2D eigenvalue weighted by molar-refractivity contribution is 0.301. The first-order chi connectivity index (χ1) is 7.65. The molecule has 0 N–H and O–H groups in total. The van der Waals surface area contributed by atoms with E-state index in [4.69, 9.17) is 16.3 Å². The lowest BCUT2D eigenvalue weighted by Gasteiger charge is -2.12. The molecule has 0 saturated heterocycles. The zero-order chi connectivity index (χ0) is 12.0. The van der Waals surface area contributed by atoms with Gasteiger partial charge >= 0.3 is 0 Å². The SMILES string of the molecule is CCCCCCOc1c(C)cc(Cl)cc1C. The molecule has 0 radical (unpaired) electrons. The molecule has 2 heteroatoms. The maximum absolute atomic E-state index is 5.97. The number of ether oxygens (including phenoxy) is 1. The summed E-state index contributed by atoms with van der Waals surface area (Å²) in [6.45, 7) is 7.11. The fourth-order valence-electron chi connectivity index (χ4n) is 1.83. The molecule has 0 aromatic heterocycles. The van der Waals surface area contributed by atoms with E-state index in [-0.39, 0.29) is 0 Å². The van der Waals surface area contributed by atoms with Crippen LogP contribution in [0.15, 0.2) is 12.1 Å². The van der Waals surface area contributed by atoms with Crippen molar-refractivity contribution in [2.24, 2.45) is 0 Å². The molecule has 0 unspecified atom stereocenters. The fourth-order valence-corrected chi connectivity index (χ4v) is 2.16. The third-order valence-corrected chi connectivity index (χ3v) is 2.89. The molecule has 1 nitrogen and oxygen atoms in total. The molecule has 16 heavy (non-hydrogen) atoms. The van der Waals surface area contributed by atoms with Crippen LogP contribution in [0, 0.1) is 13.8 Å². The molecule has 0 atom stereocenters. The second-order valence-electron chi connectivity index (χ2n) is 4.28. The fraction of sp³-hybridized carbons (Fsp3) is 0.571. The lowest BCUT2D eigenvalue weighted by atomic mass is 10.1. The lowest BCUT2D eigenvalue weighted by Crippen LogP contribution is -2.00. The molecule has 0 spiro atoms. The predicted octanol–water partition coefficient (Wildman–Crippen LogP) is 4.92. The molecule has 1 aromatic rings. The van der Waals surface area contributed by atoms with E-state index in [0.717, 1.165) is 34.9 Å². The van der Waals surface area contributed by atoms with Crippen molar-refractivity contribution in [3.63, 3.8) is 0 Å². The number of benzene rings is 1. The molecule has 0 aliphatic rings. The van der Waals surface area contributed by atoms with Gasteiger partial charge < -0.3 is 4.74 Å². The molecule has 0 aliphatic heterocycles. The number of aryl methyl sites for hydroxylation is 2. The summed E-state index contributed by atoms with van der Waals surface area (Å²) in [5.74, 6) is 1.00. The summed E-state index contributed by atoms with van der Waals surface area (Å²) in [6.07, 6.45) is 4.94. The highest BCUT2D eigenvalue weighted by atomic mass is 35.5. The van der Waals surface area contributed by atoms with Gasteiger partial charge in [0.15, 0.2) is 0 Å². The highest BCUT2D eigenvalue weighted by molar-refractivity contribution is 6.30. The van der Waals surface area contributed by atoms with Gasteiger partial charge in [-0.15, -0.1) is 0 Å². The molecular weight excluding hydrogens is 220 g/mol. The van der Waals surface area contributed by atoms with E-state index in [9.17, 15) is 0 Å². The van der Waals surface area contributed by atoms with Crippen LogP contribution >= 0.6 is 11.6 Å². The Morgan fingerprint density at radius 3 is 2.25 bits per heavy atom. The standard InChI is InChI=1S/C14H21ClO/c1-4-5-6-7-8-16-14-11(2)9-13(15)10-12(14)3/h9-10H,4-8H2,1-3H3. The highest BCUT2D eigenvalue weighted by Crippen LogP contribution is 2.27. The van der Waals surface area contributed by atoms with Crippen LogP contribution in [0.25, 0.3) is 0 Å². The Morgan fingerprint density at radius 1 is 1.06 bits per heavy atom. The Labute approximate surface area is 104 Å². The highest BCUT2D eigenvalue weighted by Gasteiger charge is 2.05. The van der Waals surface area contributed by atoms with Crippen molar-refractivity contribution in [1.29, 1.82) is 0 Å². The van der Waals surface area contributed by atoms with Gasteiger partial charge in [-0.3, -0.25) is 0 Å². The third kappa shape index (κ3) is 4.05. The summed E-state index contributed by atoms with van der Waals surface area (Å²) in [5, 5.41) is 0.785. The van der Waals surface area contributed by atoms with Gasteiger partial charge in [-0.05, 0) is 43.5 Å². The van der Waals surface area contributed by atoms with Crippen molar-refractivity contribution in [2.75, 3.05) is 6.61 Å². The average molecular weight is 241 g/mol. The monoisotopic (exact) mass is 240 g/mol. The van der Waals surface area contributed by atoms with Crippen LogP contribution in [0.3, 0.4) is 0 Å². The van der Waals surface area contributed by atoms with E-state index >= 15 is 0 Å². The van der Waals surface area contributed by atoms with Crippen LogP contribution in [-0.4, -0.2) is 6.61 Å². The van der Waals surface area contributed by atoms with Crippen molar-refractivity contribution in [1.82, 2.24) is 0 Å². The van der Waals surface area contributed by atoms with E-state index in [1.807, 2.05) is 26.0 Å². The molecule has 0 aliphatic carbocycles. The zero-order valence-corrected chi connectivity index (χ0v) is 11.2. The molecule has 1 rings (SSSR count). The minimum absolute atomic E-state index is 0.785. The number of hydrogen-bond donors (Lipinski definition) is 0. The smallest absolute Gasteiger partial charge is 0.125 e. The van der Waals surface area contributed by atoms with Crippen LogP contribution in [0.2, 0.25) is 5.02 Å². The van der Waals surface area contributed by atoms with Crippen LogP contribution < -0.4 is 4.74 Å². The van der Waals surface area contributed by atoms with Crippen molar-refractivity contribution in [2.45, 2.75) is 46.5 Å². The second-order valence-corrected chi connectivity index (χ2v) is 4.71. The minimum atomic E-state index is 0.785. The van der Waals surface area contributed by atoms with Gasteiger partial charge in [-0.1, -0.05) is 37.8 Å². The quantitative estimate of drug-likeness (QED) is 0.642. The maximum atomic E-state index is 5.97. The van der Waals surface area contributed by atoms with E-state index in [1.165, 1.54) is 19.3 Å². The summed E-state index contributed by atoms with van der Waals surface area (Å²) >= 11 is 5.97. The van der Waals surface area contributed by atoms with Crippen LogP contribution in [-0.2, 0) is 0 Å². The van der Waals surface area contributed by atoms with Crippen molar-refractivity contribution >= 4 is 11.6 Å². The molecule has 0 fully saturated rings. The Balaban J connectivity index is 2.47. The normalized spacial score (nSPS) is 10.5. The average Bonchev–Trinajstić information content (AvgIpc) is 2.20. The Kier molecular flexibility index (Phi) is 5.68. The van der Waals surface area contributed by atoms with Crippen LogP contribution in [0.5, 0.6) is 5.75 Å². The maximum Gasteiger partial charge on any atom is 0.125 e. The predicted molar refractivity (Wildman–Crippen MR) is 70.6 cm³/mol. The first-order valence-electron chi connectivity index (χ1n) is 6.04. The summed E-state index contributed by atoms with van der Waals surface area (Å²) in [5.41, 5.74) is 2.25. The van der Waals surface area contributed by atoms with E-state index in [2.05, 4.69) is 6.92 Å². The molecule has 0 saturated carbocycles. The first kappa shape index (κ1) is 13.4. The molecule has 90 valence electrons. The largest absolute Gasteiger partial charge is 0.493 e. The Bertz CT molecular complexity index is 311. The first-order valence-corrected chi connectivity index (χ1v) is 6.42. The molecule has 0 amide bonds. The molecular formula is C14H21ClO. The Hall–Kier alpha value is -0.690. The van der Waals surface area contributed by atoms with Gasteiger partial charge in [-0.25, -0.2) is 0 Å². The van der Waals surface area contributed by atoms with Gasteiger partial charge in [0.05, 0.1) is 6.61 Å². The number of halogens is 1. The Morgan fingerprint density at radius 2 is 1.69 bits per heavy atom. The zero-order valence-electron chi connectivity index (χ0n) is 10.5. The number of hydrogen-bond acceptors (Lipinski definition) is 1. The summed E-state index contributed by atoms with van der Waals surface area (Å²) in [7, 11) is 0. The van der Waals surface area contributed by atoms with Crippen LogP contribution in [0.4, 0.5) is 0 Å². The van der Waals surface area contributed by atoms with E-state index in [0.29, 0.717) is 0 Å². The summed E-state index contributed by atoms with van der Waals surface area (Å²) in [4.78, 5) is 0. The van der Waals surface area contributed by atoms with Gasteiger partial charge in [-0.2, -0.15) is 0 Å². The minimum Gasteiger partial charge on any atom is -0.493 e. The van der Waals surface area contributed by atoms with Gasteiger partial charge in [0.2, 0.25) is 0 Å². The molecule has 1 aromatic carbocycles. The summed E-state index contributed by atoms with van der Waals surface area (Å²) < 4.78 is 5.81. The van der Waals surface area contributed by atoms with Crippen LogP contribution in [0.1, 0.15) is 43.7 Å². The summed E-state index contributed by atoms with van der Waals surface area (Å²) in [6, 6.07) is 3.91. The topological polar surface area (TPSA) is 9.23 Å². The molecule has 0 heterocycles. The third-order valence-electron chi connectivity index (χ3n) is 2.67. The van der Waals surface area contributed by atoms with Crippen molar-refractivity contribution < 1.29 is 4.74 Å². The van der Waals surface area contributed by atoms with Gasteiger partial charge in [0.25, 0.3) is 0 Å². The number of unbranched alkanes of at least 4 members (excludes halogenated alkanes) is 3. The van der Waals surface area contributed by atoms with Gasteiger partial charge in [0.1, 0.15) is 5.75 Å².